The van der Waals surface area contributed by atoms with E-state index in [1.165, 1.54) is 0 Å². The Hall–Kier alpha value is -3.44. The second-order valence-corrected chi connectivity index (χ2v) is 10.1. The Morgan fingerprint density at radius 3 is 1.16 bits per heavy atom. The van der Waals surface area contributed by atoms with Crippen molar-refractivity contribution in [3.8, 4) is 0 Å². The van der Waals surface area contributed by atoms with E-state index in [0.717, 1.165) is 48.5 Å². The molecule has 2 aliphatic heterocycles. The molecule has 2 heterocycles. The highest BCUT2D eigenvalue weighted by Gasteiger charge is 2.57. The van der Waals surface area contributed by atoms with Crippen LogP contribution in [0.25, 0.3) is 0 Å². The SMILES string of the molecule is CC(=O)OC[C@@H]1O[C@H](OP)[C@@H](O[C@H]2O[C@H](COC(C)=O)[C@@H](OC(C)=O)[C@H](OC(C)=O)[C@@H]2OC(C)=O)[C@@H](OC(C)=O)[C@@H]1OC(C)=O. The van der Waals surface area contributed by atoms with Crippen LogP contribution < -0.4 is 0 Å². The Labute approximate surface area is 260 Å². The fourth-order valence-electron chi connectivity index (χ4n) is 4.58. The molecule has 0 spiro atoms. The van der Waals surface area contributed by atoms with Gasteiger partial charge < -0.3 is 51.9 Å². The lowest BCUT2D eigenvalue weighted by molar-refractivity contribution is -0.358. The van der Waals surface area contributed by atoms with E-state index in [-0.39, 0.29) is 0 Å². The van der Waals surface area contributed by atoms with Crippen LogP contribution in [0.5, 0.6) is 0 Å². The molecule has 254 valence electrons. The van der Waals surface area contributed by atoms with Crippen molar-refractivity contribution in [1.29, 1.82) is 0 Å². The molecular weight excluding hydrogens is 631 g/mol. The summed E-state index contributed by atoms with van der Waals surface area (Å²) in [5, 5.41) is 0. The van der Waals surface area contributed by atoms with Gasteiger partial charge >= 0.3 is 41.8 Å². The lowest BCUT2D eigenvalue weighted by Gasteiger charge is -2.48. The summed E-state index contributed by atoms with van der Waals surface area (Å²) >= 11 is 0. The second kappa shape index (κ2) is 17.3. The summed E-state index contributed by atoms with van der Waals surface area (Å²) in [6, 6.07) is 0. The van der Waals surface area contributed by atoms with E-state index < -0.39 is 116 Å². The zero-order valence-electron chi connectivity index (χ0n) is 25.6. The summed E-state index contributed by atoms with van der Waals surface area (Å²) in [6.45, 7) is 6.50. The molecule has 0 amide bonds. The van der Waals surface area contributed by atoms with Gasteiger partial charge in [-0.3, -0.25) is 33.6 Å². The Bertz CT molecular complexity index is 1110. The van der Waals surface area contributed by atoms with E-state index in [2.05, 4.69) is 0 Å². The van der Waals surface area contributed by atoms with Crippen LogP contribution in [-0.4, -0.2) is 116 Å². The van der Waals surface area contributed by atoms with E-state index in [0.29, 0.717) is 0 Å². The molecule has 2 rings (SSSR count). The number of rotatable bonds is 12. The fraction of sp³-hybridized carbons (Fsp3) is 0.731. The molecule has 11 atom stereocenters. The van der Waals surface area contributed by atoms with Crippen LogP contribution in [0.2, 0.25) is 0 Å². The maximum Gasteiger partial charge on any atom is 0.303 e. The van der Waals surface area contributed by atoms with Crippen molar-refractivity contribution in [2.24, 2.45) is 0 Å². The van der Waals surface area contributed by atoms with Crippen molar-refractivity contribution in [3.63, 3.8) is 0 Å². The lowest BCUT2D eigenvalue weighted by Crippen LogP contribution is -2.67. The van der Waals surface area contributed by atoms with Crippen molar-refractivity contribution in [2.75, 3.05) is 13.2 Å². The summed E-state index contributed by atoms with van der Waals surface area (Å²) in [5.41, 5.74) is 0. The summed E-state index contributed by atoms with van der Waals surface area (Å²) in [7, 11) is 1.92. The normalized spacial score (nSPS) is 31.0. The van der Waals surface area contributed by atoms with Gasteiger partial charge in [-0.2, -0.15) is 0 Å². The topological polar surface area (TPSA) is 221 Å². The number of hydrogen-bond donors (Lipinski definition) is 0. The summed E-state index contributed by atoms with van der Waals surface area (Å²) in [5.74, 6) is -5.74. The van der Waals surface area contributed by atoms with Gasteiger partial charge in [0.15, 0.2) is 49.2 Å². The van der Waals surface area contributed by atoms with E-state index in [1.807, 2.05) is 9.47 Å². The minimum atomic E-state index is -1.75. The Morgan fingerprint density at radius 2 is 0.800 bits per heavy atom. The largest absolute Gasteiger partial charge is 0.463 e. The number of carbonyl (C=O) groups is 7. The number of ether oxygens (including phenoxy) is 10. The number of hydrogen-bond acceptors (Lipinski definition) is 18. The molecule has 0 N–H and O–H groups in total. The highest BCUT2D eigenvalue weighted by atomic mass is 31.0. The molecule has 0 aromatic rings. The molecule has 0 aliphatic carbocycles. The van der Waals surface area contributed by atoms with Gasteiger partial charge in [-0.05, 0) is 0 Å². The zero-order valence-corrected chi connectivity index (χ0v) is 26.8. The predicted molar refractivity (Wildman–Crippen MR) is 144 cm³/mol. The van der Waals surface area contributed by atoms with Gasteiger partial charge in [0.25, 0.3) is 0 Å². The first kappa shape index (κ1) is 37.7. The fourth-order valence-corrected chi connectivity index (χ4v) is 4.80. The van der Waals surface area contributed by atoms with Crippen molar-refractivity contribution >= 4 is 51.3 Å². The Kier molecular flexibility index (Phi) is 14.5. The quantitative estimate of drug-likeness (QED) is 0.144. The molecule has 18 nitrogen and oxygen atoms in total. The highest BCUT2D eigenvalue weighted by Crippen LogP contribution is 2.36. The van der Waals surface area contributed by atoms with Crippen LogP contribution in [0.3, 0.4) is 0 Å². The molecule has 0 radical (unpaired) electrons. The average molecular weight is 669 g/mol. The molecule has 0 aromatic carbocycles. The van der Waals surface area contributed by atoms with Crippen LogP contribution in [0, 0.1) is 0 Å². The van der Waals surface area contributed by atoms with Gasteiger partial charge in [-0.25, -0.2) is 0 Å². The molecule has 45 heavy (non-hydrogen) atoms. The van der Waals surface area contributed by atoms with Gasteiger partial charge in [0.1, 0.15) is 25.4 Å². The highest BCUT2D eigenvalue weighted by molar-refractivity contribution is 7.09. The number of carbonyl (C=O) groups excluding carboxylic acids is 7. The minimum Gasteiger partial charge on any atom is -0.463 e. The third-order valence-electron chi connectivity index (χ3n) is 6.02. The van der Waals surface area contributed by atoms with Gasteiger partial charge in [0.05, 0.1) is 0 Å². The predicted octanol–water partition coefficient (Wildman–Crippen LogP) is -0.587. The molecular formula is C26H37O18P. The first-order chi connectivity index (χ1) is 21.0. The summed E-state index contributed by atoms with van der Waals surface area (Å²) < 4.78 is 60.4. The van der Waals surface area contributed by atoms with Crippen LogP contribution in [0.1, 0.15) is 48.5 Å². The molecule has 0 saturated carbocycles. The summed E-state index contributed by atoms with van der Waals surface area (Å²) in [4.78, 5) is 83.8. The molecule has 1 unspecified atom stereocenters. The minimum absolute atomic E-state index is 0.457. The molecule has 0 aromatic heterocycles. The summed E-state index contributed by atoms with van der Waals surface area (Å²) in [6.07, 6.45) is -15.1. The number of esters is 7. The van der Waals surface area contributed by atoms with Crippen molar-refractivity contribution in [1.82, 2.24) is 0 Å². The lowest BCUT2D eigenvalue weighted by atomic mass is 9.96. The van der Waals surface area contributed by atoms with E-state index in [4.69, 9.17) is 51.9 Å². The third kappa shape index (κ3) is 11.5. The zero-order chi connectivity index (χ0) is 34.0. The van der Waals surface area contributed by atoms with E-state index in [1.54, 1.807) is 0 Å². The van der Waals surface area contributed by atoms with Gasteiger partial charge in [0.2, 0.25) is 0 Å². The van der Waals surface area contributed by atoms with Crippen molar-refractivity contribution in [2.45, 2.75) is 110 Å². The van der Waals surface area contributed by atoms with Crippen LogP contribution in [0.15, 0.2) is 0 Å². The second-order valence-electron chi connectivity index (χ2n) is 9.80. The first-order valence-electron chi connectivity index (χ1n) is 13.5. The third-order valence-corrected chi connectivity index (χ3v) is 6.29. The van der Waals surface area contributed by atoms with Crippen LogP contribution in [-0.2, 0) is 85.5 Å². The van der Waals surface area contributed by atoms with Gasteiger partial charge in [-0.15, -0.1) is 0 Å². The monoisotopic (exact) mass is 668 g/mol. The average Bonchev–Trinajstić information content (AvgIpc) is 2.90. The van der Waals surface area contributed by atoms with Crippen molar-refractivity contribution < 1.29 is 85.5 Å². The van der Waals surface area contributed by atoms with Gasteiger partial charge in [0, 0.05) is 57.9 Å². The van der Waals surface area contributed by atoms with Crippen molar-refractivity contribution in [3.05, 3.63) is 0 Å². The van der Waals surface area contributed by atoms with Gasteiger partial charge in [-0.1, -0.05) is 0 Å². The van der Waals surface area contributed by atoms with E-state index in [9.17, 15) is 33.6 Å². The Balaban J connectivity index is 2.64. The Morgan fingerprint density at radius 1 is 0.467 bits per heavy atom. The van der Waals surface area contributed by atoms with Crippen LogP contribution in [0.4, 0.5) is 0 Å². The molecule has 0 bridgehead atoms. The molecule has 2 saturated heterocycles. The van der Waals surface area contributed by atoms with E-state index >= 15 is 0 Å². The molecule has 2 fully saturated rings. The maximum atomic E-state index is 12.2. The maximum absolute atomic E-state index is 12.2. The molecule has 19 heteroatoms. The smallest absolute Gasteiger partial charge is 0.303 e. The standard InChI is InChI=1S/C26H37O18P/c1-10(27)34-8-17-19(36-12(3)29)21(38-14(5)31)23(40-16(7)33)25(41-17)43-24-22(39-15(6)32)20(37-13(4)30)18(9-35-11(2)28)42-26(24)44-45/h17-26H,8-9,45H2,1-7H3/t17-,18+,19-,20-,21+,22+,23+,24+,25-,26-/m1/s1. The van der Waals surface area contributed by atoms with Crippen LogP contribution >= 0.6 is 9.47 Å². The molecule has 2 aliphatic rings. The first-order valence-corrected chi connectivity index (χ1v) is 14.0.